The predicted molar refractivity (Wildman–Crippen MR) is 126 cm³/mol. The van der Waals surface area contributed by atoms with Gasteiger partial charge in [0.1, 0.15) is 11.3 Å². The van der Waals surface area contributed by atoms with Crippen molar-refractivity contribution in [2.45, 2.75) is 30.0 Å². The molecular weight excluding hydrogens is 519 g/mol. The largest absolute Gasteiger partial charge is 0.446 e. The molecule has 3 rings (SSSR count). The summed E-state index contributed by atoms with van der Waals surface area (Å²) in [5.74, 6) is 0. The SMILES string of the molecule is CNc1nc(-c2sc(CO)nc2CNS(N)=O)cs1.O=CCc1ccc(SC(F)(F)F)cc1. The highest BCUT2D eigenvalue weighted by molar-refractivity contribution is 8.00. The molecule has 8 nitrogen and oxygen atoms in total. The first kappa shape index (κ1) is 27.4. The van der Waals surface area contributed by atoms with E-state index in [4.69, 9.17) is 10.2 Å². The number of carbonyl (C=O) groups excluding carboxylic acids is 1. The maximum absolute atomic E-state index is 11.9. The number of aliphatic hydroxyl groups excluding tert-OH is 1. The number of aldehydes is 1. The van der Waals surface area contributed by atoms with Crippen molar-refractivity contribution in [1.82, 2.24) is 14.7 Å². The van der Waals surface area contributed by atoms with Gasteiger partial charge < -0.3 is 15.2 Å². The van der Waals surface area contributed by atoms with Crippen molar-refractivity contribution in [3.63, 3.8) is 0 Å². The smallest absolute Gasteiger partial charge is 0.389 e. The standard InChI is InChI=1S/C9H7F3OS.C9H13N5O2S3/c10-9(11,12)14-8-3-1-7(2-4-8)5-6-13;1-11-9-14-6(4-17-9)8-5(2-12-19(10)16)13-7(3-15)18-8/h1-4,6H,5H2;4,12,15H,2-3,10H2,1H3,(H,11,14). The molecule has 15 heteroatoms. The summed E-state index contributed by atoms with van der Waals surface area (Å²) in [4.78, 5) is 19.7. The number of hydrogen-bond donors (Lipinski definition) is 4. The van der Waals surface area contributed by atoms with Crippen LogP contribution < -0.4 is 15.2 Å². The Hall–Kier alpha value is -1.88. The van der Waals surface area contributed by atoms with Crippen LogP contribution in [0.25, 0.3) is 10.6 Å². The van der Waals surface area contributed by atoms with Gasteiger partial charge in [-0.05, 0) is 29.5 Å². The van der Waals surface area contributed by atoms with Crippen LogP contribution in [0.15, 0.2) is 34.5 Å². The molecule has 0 radical (unpaired) electrons. The van der Waals surface area contributed by atoms with Crippen LogP contribution in [0.3, 0.4) is 0 Å². The number of nitrogens with zero attached hydrogens (tertiary/aromatic N) is 2. The van der Waals surface area contributed by atoms with Crippen molar-refractivity contribution in [1.29, 1.82) is 0 Å². The number of benzene rings is 1. The molecule has 0 aliphatic rings. The monoisotopic (exact) mass is 539 g/mol. The zero-order chi connectivity index (χ0) is 24.4. The molecule has 180 valence electrons. The zero-order valence-electron chi connectivity index (χ0n) is 17.1. The van der Waals surface area contributed by atoms with Crippen LogP contribution in [0.2, 0.25) is 0 Å². The molecule has 5 N–H and O–H groups in total. The number of thiazole rings is 2. The highest BCUT2D eigenvalue weighted by atomic mass is 32.2. The molecule has 0 fully saturated rings. The molecule has 0 aliphatic carbocycles. The van der Waals surface area contributed by atoms with Crippen molar-refractivity contribution < 1.29 is 27.3 Å². The molecule has 0 bridgehead atoms. The van der Waals surface area contributed by atoms with Gasteiger partial charge in [0.2, 0.25) is 0 Å². The third-order valence-electron chi connectivity index (χ3n) is 3.69. The second-order valence-corrected chi connectivity index (χ2v) is 9.97. The van der Waals surface area contributed by atoms with E-state index < -0.39 is 16.7 Å². The molecule has 33 heavy (non-hydrogen) atoms. The van der Waals surface area contributed by atoms with Crippen LogP contribution in [0, 0.1) is 0 Å². The van der Waals surface area contributed by atoms with Gasteiger partial charge in [0.25, 0.3) is 0 Å². The summed E-state index contributed by atoms with van der Waals surface area (Å²) in [5.41, 5.74) is -2.08. The van der Waals surface area contributed by atoms with Gasteiger partial charge in [0, 0.05) is 23.7 Å². The highest BCUT2D eigenvalue weighted by Crippen LogP contribution is 2.36. The van der Waals surface area contributed by atoms with Crippen LogP contribution in [0.5, 0.6) is 0 Å². The van der Waals surface area contributed by atoms with E-state index in [0.717, 1.165) is 15.7 Å². The number of thioether (sulfide) groups is 1. The number of alkyl halides is 3. The second-order valence-electron chi connectivity index (χ2n) is 6.01. The first-order chi connectivity index (χ1) is 15.6. The minimum Gasteiger partial charge on any atom is -0.389 e. The lowest BCUT2D eigenvalue weighted by Gasteiger charge is -2.05. The Morgan fingerprint density at radius 3 is 2.48 bits per heavy atom. The number of anilines is 1. The molecule has 1 aromatic carbocycles. The fourth-order valence-corrected chi connectivity index (χ4v) is 4.80. The molecule has 1 atom stereocenters. The zero-order valence-corrected chi connectivity index (χ0v) is 20.4. The van der Waals surface area contributed by atoms with Crippen LogP contribution in [-0.2, 0) is 35.5 Å². The van der Waals surface area contributed by atoms with E-state index in [2.05, 4.69) is 20.0 Å². The predicted octanol–water partition coefficient (Wildman–Crippen LogP) is 3.47. The van der Waals surface area contributed by atoms with Crippen LogP contribution in [-0.4, -0.2) is 38.1 Å². The van der Waals surface area contributed by atoms with E-state index in [1.165, 1.54) is 46.9 Å². The van der Waals surface area contributed by atoms with Gasteiger partial charge in [0.05, 0.1) is 29.4 Å². The number of nitrogens with two attached hydrogens (primary N) is 1. The number of aliphatic hydroxyl groups is 1. The summed E-state index contributed by atoms with van der Waals surface area (Å²) >= 11 is 1.09. The third kappa shape index (κ3) is 9.48. The summed E-state index contributed by atoms with van der Waals surface area (Å²) in [7, 11) is 1.80. The Bertz CT molecular complexity index is 1060. The topological polar surface area (TPSA) is 130 Å². The molecular formula is C18H20F3N5O3S4. The summed E-state index contributed by atoms with van der Waals surface area (Å²) in [6.07, 6.45) is 0.947. The van der Waals surface area contributed by atoms with Crippen LogP contribution >= 0.6 is 34.4 Å². The van der Waals surface area contributed by atoms with Crippen molar-refractivity contribution in [3.05, 3.63) is 45.9 Å². The Morgan fingerprint density at radius 2 is 1.97 bits per heavy atom. The fraction of sp³-hybridized carbons (Fsp3) is 0.278. The molecule has 3 aromatic rings. The Balaban J connectivity index is 0.000000245. The van der Waals surface area contributed by atoms with E-state index in [0.29, 0.717) is 22.6 Å². The van der Waals surface area contributed by atoms with Gasteiger partial charge in [-0.3, -0.25) is 0 Å². The lowest BCUT2D eigenvalue weighted by atomic mass is 10.2. The number of hydrogen-bond acceptors (Lipinski definition) is 9. The third-order valence-corrected chi connectivity index (χ3v) is 6.82. The molecule has 2 aromatic heterocycles. The first-order valence-electron chi connectivity index (χ1n) is 9.06. The van der Waals surface area contributed by atoms with E-state index in [1.807, 2.05) is 5.38 Å². The molecule has 0 saturated carbocycles. The highest BCUT2D eigenvalue weighted by Gasteiger charge is 2.28. The minimum atomic E-state index is -4.26. The maximum atomic E-state index is 11.9. The van der Waals surface area contributed by atoms with Crippen molar-refractivity contribution >= 4 is 57.0 Å². The molecule has 1 unspecified atom stereocenters. The Kier molecular flexibility index (Phi) is 10.9. The molecule has 2 heterocycles. The van der Waals surface area contributed by atoms with Gasteiger partial charge in [-0.25, -0.2) is 24.0 Å². The summed E-state index contributed by atoms with van der Waals surface area (Å²) in [6.45, 7) is 0.133. The quantitative estimate of drug-likeness (QED) is 0.242. The van der Waals surface area contributed by atoms with Crippen LogP contribution in [0.1, 0.15) is 16.3 Å². The first-order valence-corrected chi connectivity index (χ1v) is 12.8. The van der Waals surface area contributed by atoms with Gasteiger partial charge in [-0.1, -0.05) is 12.1 Å². The van der Waals surface area contributed by atoms with E-state index >= 15 is 0 Å². The van der Waals surface area contributed by atoms with Gasteiger partial charge >= 0.3 is 5.51 Å². The maximum Gasteiger partial charge on any atom is 0.446 e. The minimum absolute atomic E-state index is 0.132. The summed E-state index contributed by atoms with van der Waals surface area (Å²) in [6, 6.07) is 5.75. The molecule has 0 saturated heterocycles. The number of nitrogens with one attached hydrogen (secondary N) is 2. The average Bonchev–Trinajstić information content (AvgIpc) is 3.40. The Labute approximate surface area is 202 Å². The van der Waals surface area contributed by atoms with Crippen molar-refractivity contribution in [2.75, 3.05) is 12.4 Å². The second kappa shape index (κ2) is 13.1. The van der Waals surface area contributed by atoms with Gasteiger partial charge in [-0.2, -0.15) is 13.2 Å². The molecule has 0 aliphatic heterocycles. The fourth-order valence-electron chi connectivity index (χ4n) is 2.34. The summed E-state index contributed by atoms with van der Waals surface area (Å²) < 4.78 is 49.2. The number of carbonyl (C=O) groups is 1. The average molecular weight is 540 g/mol. The van der Waals surface area contributed by atoms with Gasteiger partial charge in [-0.15, -0.1) is 22.7 Å². The number of halogens is 3. The Morgan fingerprint density at radius 1 is 1.27 bits per heavy atom. The van der Waals surface area contributed by atoms with E-state index in [-0.39, 0.29) is 36.2 Å². The van der Waals surface area contributed by atoms with E-state index in [1.54, 1.807) is 7.05 Å². The van der Waals surface area contributed by atoms with Gasteiger partial charge in [0.15, 0.2) is 16.3 Å². The van der Waals surface area contributed by atoms with Crippen LogP contribution in [0.4, 0.5) is 18.3 Å². The normalized spacial score (nSPS) is 12.1. The van der Waals surface area contributed by atoms with E-state index in [9.17, 15) is 22.2 Å². The molecule has 0 amide bonds. The van der Waals surface area contributed by atoms with Crippen molar-refractivity contribution in [2.24, 2.45) is 5.14 Å². The van der Waals surface area contributed by atoms with Crippen molar-refractivity contribution in [3.8, 4) is 10.6 Å². The lowest BCUT2D eigenvalue weighted by Crippen LogP contribution is -2.23. The molecule has 0 spiro atoms. The number of rotatable bonds is 9. The lowest BCUT2D eigenvalue weighted by molar-refractivity contribution is -0.107. The summed E-state index contributed by atoms with van der Waals surface area (Å²) in [5, 5.41) is 20.6. The number of aromatic nitrogens is 2.